The van der Waals surface area contributed by atoms with Gasteiger partial charge in [0.05, 0.1) is 12.7 Å². The van der Waals surface area contributed by atoms with Gasteiger partial charge in [0.25, 0.3) is 0 Å². The molecule has 1 aliphatic heterocycles. The summed E-state index contributed by atoms with van der Waals surface area (Å²) in [5, 5.41) is 9.77. The Morgan fingerprint density at radius 1 is 1.05 bits per heavy atom. The molecule has 5 rings (SSSR count). The maximum atomic E-state index is 14.6. The van der Waals surface area contributed by atoms with Gasteiger partial charge in [-0.25, -0.2) is 14.1 Å². The van der Waals surface area contributed by atoms with Crippen LogP contribution in [-0.2, 0) is 6.42 Å². The average molecular weight is 564 g/mol. The Morgan fingerprint density at radius 3 is 2.40 bits per heavy atom. The predicted molar refractivity (Wildman–Crippen MR) is 157 cm³/mol. The maximum Gasteiger partial charge on any atom is 0.511 e. The van der Waals surface area contributed by atoms with Crippen LogP contribution in [0, 0.1) is 13.8 Å². The quantitative estimate of drug-likeness (QED) is 0.210. The summed E-state index contributed by atoms with van der Waals surface area (Å²) in [5.74, 6) is 0.276. The van der Waals surface area contributed by atoms with Crippen molar-refractivity contribution in [2.24, 2.45) is 0 Å². The molecular formula is C31H36ClN4O4+. The summed E-state index contributed by atoms with van der Waals surface area (Å²) in [4.78, 5) is 34.5. The minimum atomic E-state index is -1.35. The highest BCUT2D eigenvalue weighted by Gasteiger charge is 2.52. The van der Waals surface area contributed by atoms with Gasteiger partial charge in [-0.2, -0.15) is 0 Å². The van der Waals surface area contributed by atoms with Crippen LogP contribution in [-0.4, -0.2) is 60.0 Å². The Bertz CT molecular complexity index is 1420. The second-order valence-electron chi connectivity index (χ2n) is 11.1. The molecule has 2 amide bonds. The highest BCUT2D eigenvalue weighted by atomic mass is 35.5. The van der Waals surface area contributed by atoms with E-state index >= 15 is 0 Å². The van der Waals surface area contributed by atoms with Crippen LogP contribution in [0.4, 0.5) is 21.0 Å². The van der Waals surface area contributed by atoms with E-state index in [1.54, 1.807) is 17.0 Å². The number of fused-ring (bicyclic) bond motifs is 1. The lowest BCUT2D eigenvalue weighted by Crippen LogP contribution is -2.64. The van der Waals surface area contributed by atoms with E-state index in [1.807, 2.05) is 51.2 Å². The van der Waals surface area contributed by atoms with Gasteiger partial charge in [0.2, 0.25) is 0 Å². The number of anilines is 2. The van der Waals surface area contributed by atoms with E-state index in [0.717, 1.165) is 67.0 Å². The van der Waals surface area contributed by atoms with Crippen molar-refractivity contribution >= 4 is 35.2 Å². The standard InChI is InChI=1S/C31H35ClN4O4/c1-20-16-25(17-21(2)33-20)35-14-12-26(13-15-35)36(4,30(37)34(3)24-7-5-6-23(32)18-24)29-11-9-22-8-10-27(19-28(22)29)40-31(38)39/h5-8,10,16-19,26,29H,9,11-15H2,1-4H3/p+1. The van der Waals surface area contributed by atoms with Gasteiger partial charge in [0.15, 0.2) is 0 Å². The van der Waals surface area contributed by atoms with E-state index in [0.29, 0.717) is 5.02 Å². The van der Waals surface area contributed by atoms with Crippen LogP contribution in [0.3, 0.4) is 0 Å². The summed E-state index contributed by atoms with van der Waals surface area (Å²) in [6.45, 7) is 5.69. The molecule has 3 aromatic rings. The molecule has 2 aliphatic rings. The van der Waals surface area contributed by atoms with Crippen LogP contribution >= 0.6 is 11.6 Å². The fraction of sp³-hybridized carbons (Fsp3) is 0.387. The number of urea groups is 1. The molecule has 1 N–H and O–H groups in total. The topological polar surface area (TPSA) is 83.0 Å². The predicted octanol–water partition coefficient (Wildman–Crippen LogP) is 6.77. The zero-order valence-corrected chi connectivity index (χ0v) is 24.2. The molecule has 0 bridgehead atoms. The number of quaternary nitrogens is 1. The summed E-state index contributed by atoms with van der Waals surface area (Å²) >= 11 is 6.29. The SMILES string of the molecule is Cc1cc(N2CCC([N+](C)(C(=O)N(C)c3cccc(Cl)c3)C3CCc4ccc(OC(=O)O)cc43)CC2)cc(C)n1. The van der Waals surface area contributed by atoms with E-state index < -0.39 is 6.16 Å². The second kappa shape index (κ2) is 11.1. The van der Waals surface area contributed by atoms with Crippen LogP contribution in [0.15, 0.2) is 54.6 Å². The molecule has 2 aromatic carbocycles. The lowest BCUT2D eigenvalue weighted by molar-refractivity contribution is -0.887. The van der Waals surface area contributed by atoms with E-state index in [1.165, 1.54) is 5.69 Å². The van der Waals surface area contributed by atoms with Crippen molar-refractivity contribution in [2.45, 2.75) is 51.6 Å². The normalized spacial score (nSPS) is 18.6. The molecule has 1 aromatic heterocycles. The van der Waals surface area contributed by atoms with Crippen molar-refractivity contribution in [1.82, 2.24) is 4.98 Å². The number of aromatic nitrogens is 1. The number of ether oxygens (including phenoxy) is 1. The van der Waals surface area contributed by atoms with Gasteiger partial charge < -0.3 is 14.7 Å². The van der Waals surface area contributed by atoms with Gasteiger partial charge in [0.1, 0.15) is 17.8 Å². The Hall–Kier alpha value is -3.62. The molecule has 2 heterocycles. The molecule has 0 radical (unpaired) electrons. The number of hydrogen-bond donors (Lipinski definition) is 1. The van der Waals surface area contributed by atoms with Crippen molar-refractivity contribution in [3.05, 3.63) is 82.1 Å². The number of rotatable bonds is 5. The van der Waals surface area contributed by atoms with Crippen LogP contribution in [0.1, 0.15) is 47.8 Å². The van der Waals surface area contributed by atoms with Crippen molar-refractivity contribution in [1.29, 1.82) is 0 Å². The number of piperidine rings is 1. The fourth-order valence-electron chi connectivity index (χ4n) is 6.60. The number of benzene rings is 2. The van der Waals surface area contributed by atoms with E-state index in [2.05, 4.69) is 29.1 Å². The van der Waals surface area contributed by atoms with Gasteiger partial charge >= 0.3 is 12.2 Å². The molecule has 8 nitrogen and oxygen atoms in total. The van der Waals surface area contributed by atoms with Crippen molar-refractivity contribution in [3.63, 3.8) is 0 Å². The van der Waals surface area contributed by atoms with Gasteiger partial charge in [-0.15, -0.1) is 0 Å². The first-order valence-electron chi connectivity index (χ1n) is 13.7. The van der Waals surface area contributed by atoms with Crippen molar-refractivity contribution in [2.75, 3.05) is 37.0 Å². The molecule has 2 atom stereocenters. The molecule has 210 valence electrons. The summed E-state index contributed by atoms with van der Waals surface area (Å²) in [7, 11) is 3.86. The average Bonchev–Trinajstić information content (AvgIpc) is 3.35. The van der Waals surface area contributed by atoms with Gasteiger partial charge in [0, 0.05) is 67.1 Å². The number of carboxylic acid groups (broad SMARTS) is 1. The third kappa shape index (κ3) is 5.38. The molecule has 1 aliphatic carbocycles. The summed E-state index contributed by atoms with van der Waals surface area (Å²) < 4.78 is 5.20. The minimum absolute atomic E-state index is 0.0151. The Kier molecular flexibility index (Phi) is 7.75. The highest BCUT2D eigenvalue weighted by Crippen LogP contribution is 2.45. The minimum Gasteiger partial charge on any atom is -0.449 e. The molecule has 40 heavy (non-hydrogen) atoms. The van der Waals surface area contributed by atoms with Gasteiger partial charge in [-0.05, 0) is 68.3 Å². The molecule has 0 saturated carbocycles. The lowest BCUT2D eigenvalue weighted by Gasteiger charge is -2.48. The van der Waals surface area contributed by atoms with Crippen molar-refractivity contribution < 1.29 is 23.9 Å². The van der Waals surface area contributed by atoms with E-state index in [4.69, 9.17) is 16.3 Å². The number of amides is 2. The van der Waals surface area contributed by atoms with Crippen LogP contribution in [0.5, 0.6) is 5.75 Å². The fourth-order valence-corrected chi connectivity index (χ4v) is 6.78. The molecule has 2 unspecified atom stereocenters. The number of nitrogens with zero attached hydrogens (tertiary/aromatic N) is 4. The van der Waals surface area contributed by atoms with E-state index in [-0.39, 0.29) is 28.3 Å². The van der Waals surface area contributed by atoms with Crippen molar-refractivity contribution in [3.8, 4) is 5.75 Å². The summed E-state index contributed by atoms with van der Waals surface area (Å²) in [6, 6.07) is 16.9. The first-order chi connectivity index (χ1) is 19.1. The van der Waals surface area contributed by atoms with Gasteiger partial charge in [-0.1, -0.05) is 23.7 Å². The second-order valence-corrected chi connectivity index (χ2v) is 11.5. The molecule has 1 fully saturated rings. The number of halogens is 1. The highest BCUT2D eigenvalue weighted by molar-refractivity contribution is 6.30. The van der Waals surface area contributed by atoms with E-state index in [9.17, 15) is 14.7 Å². The first-order valence-corrected chi connectivity index (χ1v) is 14.1. The van der Waals surface area contributed by atoms with Gasteiger partial charge in [-0.3, -0.25) is 9.88 Å². The maximum absolute atomic E-state index is 14.6. The third-order valence-electron chi connectivity index (χ3n) is 8.57. The third-order valence-corrected chi connectivity index (χ3v) is 8.80. The van der Waals surface area contributed by atoms with Crippen LogP contribution in [0.25, 0.3) is 0 Å². The molecule has 9 heteroatoms. The smallest absolute Gasteiger partial charge is 0.449 e. The zero-order chi connectivity index (χ0) is 28.6. The Morgan fingerprint density at radius 2 is 1.75 bits per heavy atom. The number of aryl methyl sites for hydroxylation is 3. The largest absolute Gasteiger partial charge is 0.511 e. The summed E-state index contributed by atoms with van der Waals surface area (Å²) in [5.41, 5.74) is 6.02. The number of hydrogen-bond acceptors (Lipinski definition) is 5. The zero-order valence-electron chi connectivity index (χ0n) is 23.4. The molecular weight excluding hydrogens is 528 g/mol. The number of pyridine rings is 1. The number of carbonyl (C=O) groups excluding carboxylic acids is 1. The molecule has 1 saturated heterocycles. The summed E-state index contributed by atoms with van der Waals surface area (Å²) in [6.07, 6.45) is 1.94. The number of carbonyl (C=O) groups is 2. The van der Waals surface area contributed by atoms with Crippen LogP contribution < -0.4 is 14.5 Å². The Balaban J connectivity index is 1.50. The molecule has 0 spiro atoms. The lowest BCUT2D eigenvalue weighted by atomic mass is 9.95. The van der Waals surface area contributed by atoms with Crippen LogP contribution in [0.2, 0.25) is 5.02 Å². The first kappa shape index (κ1) is 27.9. The Labute approximate surface area is 240 Å². The monoisotopic (exact) mass is 563 g/mol.